The molecule has 1 N–H and O–H groups in total. The molecule has 0 unspecified atom stereocenters. The summed E-state index contributed by atoms with van der Waals surface area (Å²) in [6.45, 7) is 3.49. The van der Waals surface area contributed by atoms with E-state index in [9.17, 15) is 4.79 Å². The first-order chi connectivity index (χ1) is 9.13. The molecule has 0 spiro atoms. The third-order valence-electron chi connectivity index (χ3n) is 5.71. The molecule has 4 saturated carbocycles. The number of hydrogen-bond donors (Lipinski definition) is 1. The molecule has 4 aliphatic carbocycles. The van der Waals surface area contributed by atoms with Gasteiger partial charge in [0.05, 0.1) is 12.6 Å². The number of carbonyl (C=O) groups excluding carboxylic acids is 1. The van der Waals surface area contributed by atoms with Crippen molar-refractivity contribution in [3.63, 3.8) is 0 Å². The van der Waals surface area contributed by atoms with Crippen molar-refractivity contribution in [1.29, 1.82) is 0 Å². The highest BCUT2D eigenvalue weighted by Gasteiger charge is 2.54. The molecule has 4 bridgehead atoms. The van der Waals surface area contributed by atoms with Gasteiger partial charge in [0.15, 0.2) is 5.78 Å². The number of carbonyl (C=O) groups is 1. The standard InChI is InChI=1S/C16H27NO2/c1-11(17-3-4-19-2)15(18)16-8-12-5-13(9-16)7-14(6-12)10-16/h11-14,17H,3-10H2,1-2H3/t11-,12?,13?,14?,16?/m1/s1. The van der Waals surface area contributed by atoms with Crippen LogP contribution in [0.15, 0.2) is 0 Å². The van der Waals surface area contributed by atoms with Crippen molar-refractivity contribution in [3.05, 3.63) is 0 Å². The summed E-state index contributed by atoms with van der Waals surface area (Å²) < 4.78 is 5.05. The predicted octanol–water partition coefficient (Wildman–Crippen LogP) is 2.40. The highest BCUT2D eigenvalue weighted by atomic mass is 16.5. The molecule has 4 aliphatic rings. The normalized spacial score (nSPS) is 41.5. The zero-order valence-electron chi connectivity index (χ0n) is 12.3. The molecule has 0 saturated heterocycles. The van der Waals surface area contributed by atoms with E-state index in [0.29, 0.717) is 12.4 Å². The summed E-state index contributed by atoms with van der Waals surface area (Å²) in [4.78, 5) is 12.9. The lowest BCUT2D eigenvalue weighted by atomic mass is 9.48. The number of hydrogen-bond acceptors (Lipinski definition) is 3. The van der Waals surface area contributed by atoms with Crippen LogP contribution < -0.4 is 5.32 Å². The molecule has 0 aliphatic heterocycles. The van der Waals surface area contributed by atoms with Gasteiger partial charge in [-0.2, -0.15) is 0 Å². The van der Waals surface area contributed by atoms with E-state index in [1.54, 1.807) is 7.11 Å². The summed E-state index contributed by atoms with van der Waals surface area (Å²) in [5.41, 5.74) is 0.0360. The Hall–Kier alpha value is -0.410. The average Bonchev–Trinajstić information content (AvgIpc) is 2.36. The van der Waals surface area contributed by atoms with Gasteiger partial charge in [-0.15, -0.1) is 0 Å². The lowest BCUT2D eigenvalue weighted by Gasteiger charge is -2.56. The van der Waals surface area contributed by atoms with Crippen LogP contribution in [-0.2, 0) is 9.53 Å². The minimum Gasteiger partial charge on any atom is -0.383 e. The van der Waals surface area contributed by atoms with Crippen LogP contribution in [-0.4, -0.2) is 32.1 Å². The minimum absolute atomic E-state index is 0.00796. The first-order valence-corrected chi connectivity index (χ1v) is 7.89. The van der Waals surface area contributed by atoms with Crippen LogP contribution in [0.5, 0.6) is 0 Å². The van der Waals surface area contributed by atoms with Crippen LogP contribution in [0.1, 0.15) is 45.4 Å². The van der Waals surface area contributed by atoms with Crippen LogP contribution >= 0.6 is 0 Å². The second-order valence-corrected chi connectivity index (χ2v) is 7.23. The molecule has 0 aromatic rings. The van der Waals surface area contributed by atoms with Gasteiger partial charge in [0.1, 0.15) is 0 Å². The van der Waals surface area contributed by atoms with Crippen LogP contribution in [0.2, 0.25) is 0 Å². The third kappa shape index (κ3) is 2.47. The fourth-order valence-electron chi connectivity index (χ4n) is 5.34. The molecule has 3 heteroatoms. The maximum Gasteiger partial charge on any atom is 0.155 e. The van der Waals surface area contributed by atoms with Crippen LogP contribution in [0.3, 0.4) is 0 Å². The van der Waals surface area contributed by atoms with Gasteiger partial charge in [0.25, 0.3) is 0 Å². The van der Waals surface area contributed by atoms with Crippen LogP contribution in [0, 0.1) is 23.2 Å². The van der Waals surface area contributed by atoms with E-state index in [1.807, 2.05) is 6.92 Å². The molecule has 0 radical (unpaired) electrons. The van der Waals surface area contributed by atoms with Crippen molar-refractivity contribution in [3.8, 4) is 0 Å². The number of methoxy groups -OCH3 is 1. The van der Waals surface area contributed by atoms with Gasteiger partial charge in [-0.1, -0.05) is 0 Å². The molecule has 3 nitrogen and oxygen atoms in total. The van der Waals surface area contributed by atoms with Crippen molar-refractivity contribution in [1.82, 2.24) is 5.32 Å². The molecule has 0 aromatic heterocycles. The van der Waals surface area contributed by atoms with Crippen molar-refractivity contribution in [2.45, 2.75) is 51.5 Å². The number of rotatable bonds is 6. The van der Waals surface area contributed by atoms with E-state index in [-0.39, 0.29) is 11.5 Å². The third-order valence-corrected chi connectivity index (χ3v) is 5.71. The Morgan fingerprint density at radius 2 is 1.74 bits per heavy atom. The Kier molecular flexibility index (Phi) is 3.69. The van der Waals surface area contributed by atoms with Gasteiger partial charge in [-0.05, 0) is 63.2 Å². The van der Waals surface area contributed by atoms with Crippen molar-refractivity contribution in [2.24, 2.45) is 23.2 Å². The zero-order chi connectivity index (χ0) is 13.5. The molecule has 19 heavy (non-hydrogen) atoms. The Morgan fingerprint density at radius 3 is 2.21 bits per heavy atom. The Labute approximate surface area is 116 Å². The quantitative estimate of drug-likeness (QED) is 0.749. The average molecular weight is 265 g/mol. The second kappa shape index (κ2) is 5.17. The van der Waals surface area contributed by atoms with Gasteiger partial charge in [-0.25, -0.2) is 0 Å². The summed E-state index contributed by atoms with van der Waals surface area (Å²) in [5, 5.41) is 3.33. The number of ether oxygens (including phenoxy) is 1. The first kappa shape index (κ1) is 13.6. The van der Waals surface area contributed by atoms with E-state index >= 15 is 0 Å². The molecular formula is C16H27NO2. The maximum absolute atomic E-state index is 12.9. The SMILES string of the molecule is COCCN[C@H](C)C(=O)C12CC3CC(CC(C3)C1)C2. The number of nitrogens with one attached hydrogen (secondary N) is 1. The van der Waals surface area contributed by atoms with E-state index in [1.165, 1.54) is 38.5 Å². The molecular weight excluding hydrogens is 238 g/mol. The molecule has 108 valence electrons. The Morgan fingerprint density at radius 1 is 1.21 bits per heavy atom. The molecule has 0 heterocycles. The molecule has 0 aromatic carbocycles. The lowest BCUT2D eigenvalue weighted by molar-refractivity contribution is -0.145. The summed E-state index contributed by atoms with van der Waals surface area (Å²) in [7, 11) is 1.70. The van der Waals surface area contributed by atoms with Crippen molar-refractivity contribution < 1.29 is 9.53 Å². The Balaban J connectivity index is 1.65. The van der Waals surface area contributed by atoms with Crippen molar-refractivity contribution >= 4 is 5.78 Å². The van der Waals surface area contributed by atoms with Crippen LogP contribution in [0.25, 0.3) is 0 Å². The van der Waals surface area contributed by atoms with E-state index in [0.717, 1.165) is 24.3 Å². The molecule has 4 rings (SSSR count). The first-order valence-electron chi connectivity index (χ1n) is 7.89. The topological polar surface area (TPSA) is 38.3 Å². The summed E-state index contributed by atoms with van der Waals surface area (Å²) in [5.74, 6) is 3.03. The largest absolute Gasteiger partial charge is 0.383 e. The van der Waals surface area contributed by atoms with Gasteiger partial charge >= 0.3 is 0 Å². The van der Waals surface area contributed by atoms with Gasteiger partial charge < -0.3 is 10.1 Å². The monoisotopic (exact) mass is 265 g/mol. The zero-order valence-corrected chi connectivity index (χ0v) is 12.3. The summed E-state index contributed by atoms with van der Waals surface area (Å²) >= 11 is 0. The fourth-order valence-corrected chi connectivity index (χ4v) is 5.34. The summed E-state index contributed by atoms with van der Waals surface area (Å²) in [6, 6.07) is -0.00796. The molecule has 1 atom stereocenters. The fraction of sp³-hybridized carbons (Fsp3) is 0.938. The molecule has 4 fully saturated rings. The predicted molar refractivity (Wildman–Crippen MR) is 75.0 cm³/mol. The van der Waals surface area contributed by atoms with Gasteiger partial charge in [0.2, 0.25) is 0 Å². The van der Waals surface area contributed by atoms with Gasteiger partial charge in [0, 0.05) is 19.1 Å². The molecule has 0 amide bonds. The smallest absolute Gasteiger partial charge is 0.155 e. The summed E-state index contributed by atoms with van der Waals surface area (Å²) in [6.07, 6.45) is 7.73. The van der Waals surface area contributed by atoms with Gasteiger partial charge in [-0.3, -0.25) is 4.79 Å². The van der Waals surface area contributed by atoms with E-state index in [2.05, 4.69) is 5.32 Å². The number of Topliss-reactive ketones (excluding diaryl/α,β-unsaturated/α-hetero) is 1. The van der Waals surface area contributed by atoms with Crippen LogP contribution in [0.4, 0.5) is 0 Å². The van der Waals surface area contributed by atoms with E-state index in [4.69, 9.17) is 4.74 Å². The maximum atomic E-state index is 12.9. The van der Waals surface area contributed by atoms with E-state index < -0.39 is 0 Å². The second-order valence-electron chi connectivity index (χ2n) is 7.23. The number of ketones is 1. The highest BCUT2D eigenvalue weighted by molar-refractivity contribution is 5.89. The lowest BCUT2D eigenvalue weighted by Crippen LogP contribution is -2.54. The minimum atomic E-state index is -0.00796. The highest BCUT2D eigenvalue weighted by Crippen LogP contribution is 2.60. The Bertz CT molecular complexity index is 317. The van der Waals surface area contributed by atoms with Crippen molar-refractivity contribution in [2.75, 3.05) is 20.3 Å².